The van der Waals surface area contributed by atoms with Gasteiger partial charge in [-0.25, -0.2) is 0 Å². The summed E-state index contributed by atoms with van der Waals surface area (Å²) in [6.45, 7) is 0. The number of anilines is 1. The van der Waals surface area contributed by atoms with E-state index in [2.05, 4.69) is 20.8 Å². The number of nitrogens with one attached hydrogen (secondary N) is 3. The molecule has 1 aromatic heterocycles. The molecule has 3 rings (SSSR count). The molecular formula is C19H23ClN4O4. The summed E-state index contributed by atoms with van der Waals surface area (Å²) < 4.78 is 10.6. The van der Waals surface area contributed by atoms with E-state index in [1.165, 1.54) is 13.3 Å². The molecule has 0 aliphatic heterocycles. The molecule has 9 heteroatoms. The zero-order valence-electron chi connectivity index (χ0n) is 15.8. The maximum atomic E-state index is 12.7. The van der Waals surface area contributed by atoms with Crippen LogP contribution in [0.15, 0.2) is 24.4 Å². The molecule has 2 amide bonds. The summed E-state index contributed by atoms with van der Waals surface area (Å²) in [5.41, 5.74) is 0.653. The highest BCUT2D eigenvalue weighted by molar-refractivity contribution is 6.35. The van der Waals surface area contributed by atoms with Crippen LogP contribution >= 0.6 is 11.6 Å². The smallest absolute Gasteiger partial charge is 0.271 e. The third-order valence-corrected chi connectivity index (χ3v) is 5.19. The minimum Gasteiger partial charge on any atom is -0.496 e. The second-order valence-electron chi connectivity index (χ2n) is 6.61. The van der Waals surface area contributed by atoms with Gasteiger partial charge >= 0.3 is 0 Å². The van der Waals surface area contributed by atoms with E-state index >= 15 is 0 Å². The van der Waals surface area contributed by atoms with E-state index in [-0.39, 0.29) is 40.0 Å². The van der Waals surface area contributed by atoms with Gasteiger partial charge in [0.2, 0.25) is 0 Å². The standard InChI is InChI=1S/C19H23ClN4O4/c1-27-12-8-6-11(7-9-12)22-19(26)17-14(10-21-24-17)23-18(25)16-13(20)4-3-5-15(16)28-2/h3-5,10-12H,6-9H2,1-2H3,(H,21,24)(H,22,26)(H,23,25). The summed E-state index contributed by atoms with van der Waals surface area (Å²) in [6.07, 6.45) is 5.13. The quantitative estimate of drug-likeness (QED) is 0.683. The van der Waals surface area contributed by atoms with E-state index in [0.29, 0.717) is 5.75 Å². The Labute approximate surface area is 167 Å². The molecule has 150 valence electrons. The predicted molar refractivity (Wildman–Crippen MR) is 105 cm³/mol. The Morgan fingerprint density at radius 2 is 1.93 bits per heavy atom. The Balaban J connectivity index is 1.69. The fourth-order valence-corrected chi connectivity index (χ4v) is 3.59. The first-order valence-electron chi connectivity index (χ1n) is 9.04. The second-order valence-corrected chi connectivity index (χ2v) is 7.02. The highest BCUT2D eigenvalue weighted by Crippen LogP contribution is 2.27. The maximum Gasteiger partial charge on any atom is 0.271 e. The summed E-state index contributed by atoms with van der Waals surface area (Å²) in [5, 5.41) is 12.5. The molecule has 28 heavy (non-hydrogen) atoms. The number of amides is 2. The van der Waals surface area contributed by atoms with Gasteiger partial charge in [0.1, 0.15) is 17.0 Å². The molecule has 0 atom stereocenters. The molecule has 3 N–H and O–H groups in total. The van der Waals surface area contributed by atoms with Gasteiger partial charge in [-0.2, -0.15) is 5.10 Å². The average Bonchev–Trinajstić information content (AvgIpc) is 3.16. The molecule has 1 aliphatic rings. The van der Waals surface area contributed by atoms with E-state index in [1.54, 1.807) is 25.3 Å². The summed E-state index contributed by atoms with van der Waals surface area (Å²) in [7, 11) is 3.16. The van der Waals surface area contributed by atoms with Crippen molar-refractivity contribution in [3.63, 3.8) is 0 Å². The first kappa shape index (κ1) is 20.2. The van der Waals surface area contributed by atoms with Crippen molar-refractivity contribution in [2.45, 2.75) is 37.8 Å². The van der Waals surface area contributed by atoms with Crippen molar-refractivity contribution in [2.24, 2.45) is 0 Å². The van der Waals surface area contributed by atoms with Crippen molar-refractivity contribution in [2.75, 3.05) is 19.5 Å². The number of aromatic nitrogens is 2. The van der Waals surface area contributed by atoms with Crippen LogP contribution in [0.5, 0.6) is 5.75 Å². The first-order chi connectivity index (χ1) is 13.5. The van der Waals surface area contributed by atoms with Crippen molar-refractivity contribution in [3.05, 3.63) is 40.7 Å². The van der Waals surface area contributed by atoms with Gasteiger partial charge in [0, 0.05) is 13.2 Å². The van der Waals surface area contributed by atoms with Crippen LogP contribution in [0.4, 0.5) is 5.69 Å². The van der Waals surface area contributed by atoms with Gasteiger partial charge in [0.15, 0.2) is 0 Å². The fourth-order valence-electron chi connectivity index (χ4n) is 3.33. The summed E-state index contributed by atoms with van der Waals surface area (Å²) in [6, 6.07) is 4.99. The van der Waals surface area contributed by atoms with Gasteiger partial charge < -0.3 is 20.1 Å². The largest absolute Gasteiger partial charge is 0.496 e. The highest BCUT2D eigenvalue weighted by Gasteiger charge is 2.25. The van der Waals surface area contributed by atoms with Gasteiger partial charge in [-0.1, -0.05) is 17.7 Å². The van der Waals surface area contributed by atoms with Crippen molar-refractivity contribution in [1.82, 2.24) is 15.5 Å². The number of rotatable bonds is 6. The van der Waals surface area contributed by atoms with Crippen molar-refractivity contribution < 1.29 is 19.1 Å². The Morgan fingerprint density at radius 1 is 1.18 bits per heavy atom. The Bertz CT molecular complexity index is 846. The summed E-state index contributed by atoms with van der Waals surface area (Å²) in [4.78, 5) is 25.3. The van der Waals surface area contributed by atoms with Crippen LogP contribution in [0.2, 0.25) is 5.02 Å². The minimum atomic E-state index is -0.487. The van der Waals surface area contributed by atoms with Gasteiger partial charge in [-0.15, -0.1) is 0 Å². The lowest BCUT2D eigenvalue weighted by Gasteiger charge is -2.28. The van der Waals surface area contributed by atoms with Crippen LogP contribution in [0.3, 0.4) is 0 Å². The SMILES string of the molecule is COc1cccc(Cl)c1C(=O)Nc1cn[nH]c1C(=O)NC1CCC(OC)CC1. The summed E-state index contributed by atoms with van der Waals surface area (Å²) >= 11 is 6.14. The van der Waals surface area contributed by atoms with Crippen LogP contribution in [-0.2, 0) is 4.74 Å². The molecule has 0 bridgehead atoms. The number of halogens is 1. The number of nitrogens with zero attached hydrogens (tertiary/aromatic N) is 1. The fraction of sp³-hybridized carbons (Fsp3) is 0.421. The zero-order chi connectivity index (χ0) is 20.1. The molecule has 1 heterocycles. The summed E-state index contributed by atoms with van der Waals surface area (Å²) in [5.74, 6) is -0.465. The van der Waals surface area contributed by atoms with Crippen LogP contribution < -0.4 is 15.4 Å². The topological polar surface area (TPSA) is 105 Å². The molecule has 0 unspecified atom stereocenters. The van der Waals surface area contributed by atoms with Crippen LogP contribution in [-0.4, -0.2) is 48.4 Å². The Hall–Kier alpha value is -2.58. The van der Waals surface area contributed by atoms with E-state index in [1.807, 2.05) is 0 Å². The molecule has 1 aliphatic carbocycles. The lowest BCUT2D eigenvalue weighted by molar-refractivity contribution is 0.0598. The number of methoxy groups -OCH3 is 2. The number of benzene rings is 1. The molecule has 2 aromatic rings. The van der Waals surface area contributed by atoms with E-state index in [4.69, 9.17) is 21.1 Å². The molecule has 8 nitrogen and oxygen atoms in total. The molecule has 0 radical (unpaired) electrons. The minimum absolute atomic E-state index is 0.0643. The number of hydrogen-bond acceptors (Lipinski definition) is 5. The van der Waals surface area contributed by atoms with Gasteiger partial charge in [0.25, 0.3) is 11.8 Å². The van der Waals surface area contributed by atoms with E-state index in [0.717, 1.165) is 25.7 Å². The second kappa shape index (κ2) is 9.07. The first-order valence-corrected chi connectivity index (χ1v) is 9.42. The van der Waals surface area contributed by atoms with Crippen molar-refractivity contribution in [3.8, 4) is 5.75 Å². The van der Waals surface area contributed by atoms with Gasteiger partial charge in [-0.05, 0) is 37.8 Å². The molecule has 1 saturated carbocycles. The lowest BCUT2D eigenvalue weighted by atomic mass is 9.93. The third kappa shape index (κ3) is 4.45. The van der Waals surface area contributed by atoms with E-state index in [9.17, 15) is 9.59 Å². The zero-order valence-corrected chi connectivity index (χ0v) is 16.5. The van der Waals surface area contributed by atoms with Crippen LogP contribution in [0.25, 0.3) is 0 Å². The number of H-pyrrole nitrogens is 1. The molecular weight excluding hydrogens is 384 g/mol. The predicted octanol–water partition coefficient (Wildman–Crippen LogP) is 3.01. The molecule has 0 saturated heterocycles. The monoisotopic (exact) mass is 406 g/mol. The number of carbonyl (C=O) groups excluding carboxylic acids is 2. The van der Waals surface area contributed by atoms with Gasteiger partial charge in [0.05, 0.1) is 30.1 Å². The normalized spacial score (nSPS) is 19.1. The molecule has 0 spiro atoms. The molecule has 1 fully saturated rings. The van der Waals surface area contributed by atoms with Crippen molar-refractivity contribution in [1.29, 1.82) is 0 Å². The molecule has 1 aromatic carbocycles. The number of aromatic amines is 1. The maximum absolute atomic E-state index is 12.7. The van der Waals surface area contributed by atoms with Gasteiger partial charge in [-0.3, -0.25) is 14.7 Å². The van der Waals surface area contributed by atoms with Crippen LogP contribution in [0.1, 0.15) is 46.5 Å². The number of carbonyl (C=O) groups is 2. The lowest BCUT2D eigenvalue weighted by Crippen LogP contribution is -2.39. The third-order valence-electron chi connectivity index (χ3n) is 4.88. The van der Waals surface area contributed by atoms with Crippen molar-refractivity contribution >= 4 is 29.1 Å². The number of hydrogen-bond donors (Lipinski definition) is 3. The Kier molecular flexibility index (Phi) is 6.53. The Morgan fingerprint density at radius 3 is 2.61 bits per heavy atom. The van der Waals surface area contributed by atoms with Crippen LogP contribution in [0, 0.1) is 0 Å². The number of ether oxygens (including phenoxy) is 2. The highest BCUT2D eigenvalue weighted by atomic mass is 35.5. The van der Waals surface area contributed by atoms with E-state index < -0.39 is 5.91 Å². The average molecular weight is 407 g/mol.